The molecular weight excluding hydrogens is 312 g/mol. The van der Waals surface area contributed by atoms with Gasteiger partial charge in [0.1, 0.15) is 0 Å². The predicted molar refractivity (Wildman–Crippen MR) is 108 cm³/mol. The highest BCUT2D eigenvalue weighted by molar-refractivity contribution is 8.03. The third-order valence-corrected chi connectivity index (χ3v) is 9.71. The lowest BCUT2D eigenvalue weighted by atomic mass is 10.1. The molecule has 0 aliphatic heterocycles. The molecule has 0 heterocycles. The molecule has 122 valence electrons. The van der Waals surface area contributed by atoms with Crippen LogP contribution >= 0.6 is 11.8 Å². The average Bonchev–Trinajstić information content (AvgIpc) is 2.47. The maximum atomic E-state index is 2.53. The first kappa shape index (κ1) is 18.1. The Kier molecular flexibility index (Phi) is 5.93. The summed E-state index contributed by atoms with van der Waals surface area (Å²) in [4.78, 5) is 2.77. The fourth-order valence-corrected chi connectivity index (χ4v) is 4.07. The molecule has 0 amide bonds. The SMILES string of the molecule is CC(C)(/C=C(/Cc1ccccc1)Sc1ccccc1)[Si](C)(C)C. The van der Waals surface area contributed by atoms with Crippen LogP contribution in [0.4, 0.5) is 0 Å². The average molecular weight is 341 g/mol. The minimum Gasteiger partial charge on any atom is -0.0945 e. The van der Waals surface area contributed by atoms with Gasteiger partial charge in [-0.05, 0) is 27.6 Å². The minimum atomic E-state index is -1.27. The first-order chi connectivity index (χ1) is 10.8. The van der Waals surface area contributed by atoms with E-state index in [0.717, 1.165) is 6.42 Å². The highest BCUT2D eigenvalue weighted by Crippen LogP contribution is 2.42. The first-order valence-corrected chi connectivity index (χ1v) is 12.6. The Balaban J connectivity index is 2.31. The fourth-order valence-electron chi connectivity index (χ4n) is 2.17. The molecule has 2 aromatic rings. The summed E-state index contributed by atoms with van der Waals surface area (Å²) in [6.07, 6.45) is 3.54. The summed E-state index contributed by atoms with van der Waals surface area (Å²) in [7, 11) is -1.27. The van der Waals surface area contributed by atoms with Gasteiger partial charge in [-0.3, -0.25) is 0 Å². The van der Waals surface area contributed by atoms with E-state index >= 15 is 0 Å². The van der Waals surface area contributed by atoms with Crippen LogP contribution in [0.5, 0.6) is 0 Å². The summed E-state index contributed by atoms with van der Waals surface area (Å²) >= 11 is 1.91. The third-order valence-electron chi connectivity index (χ3n) is 4.67. The van der Waals surface area contributed by atoms with Gasteiger partial charge in [0.25, 0.3) is 0 Å². The molecule has 0 N–H and O–H groups in total. The van der Waals surface area contributed by atoms with Crippen LogP contribution in [0.15, 0.2) is 76.5 Å². The minimum absolute atomic E-state index is 0.277. The molecule has 0 nitrogen and oxygen atoms in total. The van der Waals surface area contributed by atoms with Crippen LogP contribution < -0.4 is 0 Å². The Morgan fingerprint density at radius 1 is 0.913 bits per heavy atom. The second-order valence-electron chi connectivity index (χ2n) is 7.66. The molecule has 0 atom stereocenters. The number of allylic oxidation sites excluding steroid dienone is 2. The lowest BCUT2D eigenvalue weighted by Crippen LogP contribution is -2.34. The van der Waals surface area contributed by atoms with Gasteiger partial charge in [0.05, 0.1) is 8.07 Å². The Hall–Kier alpha value is -1.25. The molecule has 0 aliphatic rings. The molecule has 0 unspecified atom stereocenters. The summed E-state index contributed by atoms with van der Waals surface area (Å²) in [5.41, 5.74) is 1.38. The highest BCUT2D eigenvalue weighted by Gasteiger charge is 2.33. The molecule has 0 aromatic heterocycles. The zero-order chi connectivity index (χ0) is 16.9. The topological polar surface area (TPSA) is 0 Å². The standard InChI is InChI=1S/C21H28SSi/c1-21(2,23(3,4)5)17-20(16-18-12-8-6-9-13-18)22-19-14-10-7-11-15-19/h6-15,17H,16H2,1-5H3/b20-17-. The molecule has 0 radical (unpaired) electrons. The molecule has 0 saturated carbocycles. The van der Waals surface area contributed by atoms with Gasteiger partial charge in [-0.1, -0.05) is 99.9 Å². The van der Waals surface area contributed by atoms with Crippen molar-refractivity contribution < 1.29 is 0 Å². The second kappa shape index (κ2) is 7.54. The molecule has 0 spiro atoms. The van der Waals surface area contributed by atoms with Crippen LogP contribution in [0.3, 0.4) is 0 Å². The number of hydrogen-bond acceptors (Lipinski definition) is 1. The van der Waals surface area contributed by atoms with E-state index in [1.807, 2.05) is 11.8 Å². The number of thioether (sulfide) groups is 1. The fraction of sp³-hybridized carbons (Fsp3) is 0.333. The Morgan fingerprint density at radius 2 is 1.43 bits per heavy atom. The molecule has 0 aliphatic carbocycles. The van der Waals surface area contributed by atoms with E-state index in [1.165, 1.54) is 15.4 Å². The summed E-state index contributed by atoms with van der Waals surface area (Å²) in [5, 5.41) is 0.277. The lowest BCUT2D eigenvalue weighted by Gasteiger charge is -2.35. The third kappa shape index (κ3) is 5.40. The first-order valence-electron chi connectivity index (χ1n) is 8.26. The van der Waals surface area contributed by atoms with E-state index in [9.17, 15) is 0 Å². The van der Waals surface area contributed by atoms with Crippen molar-refractivity contribution in [3.63, 3.8) is 0 Å². The van der Waals surface area contributed by atoms with Crippen molar-refractivity contribution >= 4 is 19.8 Å². The molecule has 2 heteroatoms. The van der Waals surface area contributed by atoms with Gasteiger partial charge in [-0.25, -0.2) is 0 Å². The van der Waals surface area contributed by atoms with E-state index in [4.69, 9.17) is 0 Å². The van der Waals surface area contributed by atoms with Crippen molar-refractivity contribution in [3.8, 4) is 0 Å². The van der Waals surface area contributed by atoms with Crippen molar-refractivity contribution in [1.29, 1.82) is 0 Å². The molecule has 0 bridgehead atoms. The van der Waals surface area contributed by atoms with E-state index in [2.05, 4.69) is 100 Å². The van der Waals surface area contributed by atoms with Crippen LogP contribution in [-0.2, 0) is 6.42 Å². The van der Waals surface area contributed by atoms with Crippen molar-refractivity contribution in [2.75, 3.05) is 0 Å². The van der Waals surface area contributed by atoms with Crippen molar-refractivity contribution in [2.24, 2.45) is 0 Å². The van der Waals surface area contributed by atoms with Gasteiger partial charge in [0, 0.05) is 11.3 Å². The summed E-state index contributed by atoms with van der Waals surface area (Å²) in [6, 6.07) is 21.5. The summed E-state index contributed by atoms with van der Waals surface area (Å²) < 4.78 is 0. The molecule has 23 heavy (non-hydrogen) atoms. The second-order valence-corrected chi connectivity index (χ2v) is 14.6. The van der Waals surface area contributed by atoms with Crippen LogP contribution in [-0.4, -0.2) is 8.07 Å². The Morgan fingerprint density at radius 3 is 1.96 bits per heavy atom. The molecule has 0 fully saturated rings. The van der Waals surface area contributed by atoms with Crippen molar-refractivity contribution in [2.45, 2.75) is 49.8 Å². The van der Waals surface area contributed by atoms with Crippen LogP contribution in [0.2, 0.25) is 24.7 Å². The van der Waals surface area contributed by atoms with Gasteiger partial charge < -0.3 is 0 Å². The normalized spacial score (nSPS) is 13.2. The van der Waals surface area contributed by atoms with Crippen molar-refractivity contribution in [1.82, 2.24) is 0 Å². The van der Waals surface area contributed by atoms with Gasteiger partial charge in [0.15, 0.2) is 0 Å². The molecule has 0 saturated heterocycles. The lowest BCUT2D eigenvalue weighted by molar-refractivity contribution is 0.805. The van der Waals surface area contributed by atoms with Crippen molar-refractivity contribution in [3.05, 3.63) is 77.2 Å². The van der Waals surface area contributed by atoms with Crippen LogP contribution in [0, 0.1) is 0 Å². The smallest absolute Gasteiger partial charge is 0.0542 e. The monoisotopic (exact) mass is 340 g/mol. The Labute approximate surface area is 147 Å². The Bertz CT molecular complexity index is 593. The van der Waals surface area contributed by atoms with Gasteiger partial charge in [-0.15, -0.1) is 0 Å². The summed E-state index contributed by atoms with van der Waals surface area (Å²) in [5.74, 6) is 0. The van der Waals surface area contributed by atoms with E-state index in [1.54, 1.807) is 0 Å². The quantitative estimate of drug-likeness (QED) is 0.402. The zero-order valence-corrected chi connectivity index (χ0v) is 16.8. The van der Waals surface area contributed by atoms with E-state index in [-0.39, 0.29) is 5.04 Å². The highest BCUT2D eigenvalue weighted by atomic mass is 32.2. The molecular formula is C21H28SSi. The van der Waals surface area contributed by atoms with Gasteiger partial charge in [0.2, 0.25) is 0 Å². The van der Waals surface area contributed by atoms with E-state index in [0.29, 0.717) is 0 Å². The molecule has 2 rings (SSSR count). The van der Waals surface area contributed by atoms with Gasteiger partial charge in [-0.2, -0.15) is 0 Å². The predicted octanol–water partition coefficient (Wildman–Crippen LogP) is 7.02. The van der Waals surface area contributed by atoms with Crippen LogP contribution in [0.1, 0.15) is 19.4 Å². The summed E-state index contributed by atoms with van der Waals surface area (Å²) in [6.45, 7) is 12.2. The number of rotatable bonds is 6. The number of hydrogen-bond donors (Lipinski definition) is 0. The van der Waals surface area contributed by atoms with E-state index < -0.39 is 8.07 Å². The molecule has 2 aromatic carbocycles. The maximum Gasteiger partial charge on any atom is 0.0542 e. The zero-order valence-electron chi connectivity index (χ0n) is 15.0. The largest absolute Gasteiger partial charge is 0.0945 e. The van der Waals surface area contributed by atoms with Gasteiger partial charge >= 0.3 is 0 Å². The number of benzene rings is 2. The maximum absolute atomic E-state index is 2.53. The van der Waals surface area contributed by atoms with Crippen LogP contribution in [0.25, 0.3) is 0 Å².